The van der Waals surface area contributed by atoms with Gasteiger partial charge in [-0.1, -0.05) is 94.0 Å². The van der Waals surface area contributed by atoms with Gasteiger partial charge in [0.1, 0.15) is 12.2 Å². The molecule has 1 aliphatic rings. The highest BCUT2D eigenvalue weighted by atomic mass is 28.3. The van der Waals surface area contributed by atoms with E-state index < -0.39 is 8.07 Å². The predicted octanol–water partition coefficient (Wildman–Crippen LogP) is 7.00. The van der Waals surface area contributed by atoms with Crippen molar-refractivity contribution in [3.8, 4) is 11.1 Å². The van der Waals surface area contributed by atoms with Crippen LogP contribution in [0.3, 0.4) is 0 Å². The summed E-state index contributed by atoms with van der Waals surface area (Å²) in [5, 5.41) is 1.53. The van der Waals surface area contributed by atoms with Crippen molar-refractivity contribution in [2.75, 3.05) is 0 Å². The van der Waals surface area contributed by atoms with Crippen molar-refractivity contribution in [3.63, 3.8) is 0 Å². The number of allylic oxidation sites excluding steroid dienone is 2. The molecule has 2 heteroatoms. The minimum absolute atomic E-state index is 0.644. The molecule has 0 spiro atoms. The third-order valence-electron chi connectivity index (χ3n) is 5.30. The molecule has 0 saturated heterocycles. The maximum atomic E-state index is 4.35. The van der Waals surface area contributed by atoms with Crippen LogP contribution in [0.4, 0.5) is 0 Å². The molecule has 0 aromatic heterocycles. The first-order valence-corrected chi connectivity index (χ1v) is 13.7. The first-order chi connectivity index (χ1) is 13.2. The second-order valence-corrected chi connectivity index (χ2v) is 14.3. The Labute approximate surface area is 172 Å². The lowest BCUT2D eigenvalue weighted by Crippen LogP contribution is -2.31. The van der Waals surface area contributed by atoms with Gasteiger partial charge in [-0.15, -0.1) is 6.07 Å². The Morgan fingerprint density at radius 2 is 1.68 bits per heavy atom. The molecule has 0 aliphatic carbocycles. The van der Waals surface area contributed by atoms with Crippen LogP contribution in [0.2, 0.25) is 19.6 Å². The van der Waals surface area contributed by atoms with E-state index in [9.17, 15) is 0 Å². The van der Waals surface area contributed by atoms with E-state index in [0.29, 0.717) is 5.92 Å². The summed E-state index contributed by atoms with van der Waals surface area (Å²) in [6.07, 6.45) is 5.81. The van der Waals surface area contributed by atoms with Gasteiger partial charge in [0.25, 0.3) is 0 Å². The van der Waals surface area contributed by atoms with E-state index in [2.05, 4.69) is 113 Å². The van der Waals surface area contributed by atoms with Crippen molar-refractivity contribution in [3.05, 3.63) is 88.7 Å². The summed E-state index contributed by atoms with van der Waals surface area (Å²) in [6, 6.07) is 18.6. The SMILES string of the molecule is C=[N+]1C=C([Si](C)(C)C)C(CC(C)C)=C[C-]1c1ccc(-c2ccccc2)cc1C. The Bertz CT molecular complexity index is 927. The fourth-order valence-corrected chi connectivity index (χ4v) is 5.59. The highest BCUT2D eigenvalue weighted by Crippen LogP contribution is 2.36. The molecule has 0 fully saturated rings. The molecule has 0 bridgehead atoms. The van der Waals surface area contributed by atoms with Crippen LogP contribution < -0.4 is 0 Å². The van der Waals surface area contributed by atoms with E-state index in [0.717, 1.165) is 6.42 Å². The molecule has 3 rings (SSSR count). The smallest absolute Gasteiger partial charge is 0.147 e. The molecule has 1 nitrogen and oxygen atoms in total. The van der Waals surface area contributed by atoms with Crippen LogP contribution in [-0.2, 0) is 0 Å². The molecule has 2 aromatic carbocycles. The predicted molar refractivity (Wildman–Crippen MR) is 125 cm³/mol. The Balaban J connectivity index is 2.00. The first kappa shape index (κ1) is 20.4. The second-order valence-electron chi connectivity index (χ2n) is 9.31. The van der Waals surface area contributed by atoms with E-state index in [-0.39, 0.29) is 0 Å². The fraction of sp³-hybridized carbons (Fsp3) is 0.308. The van der Waals surface area contributed by atoms with Gasteiger partial charge in [0.05, 0.1) is 14.8 Å². The molecule has 2 aromatic rings. The molecule has 0 atom stereocenters. The molecule has 1 heterocycles. The molecule has 1 aliphatic heterocycles. The van der Waals surface area contributed by atoms with Gasteiger partial charge in [0.2, 0.25) is 0 Å². The summed E-state index contributed by atoms with van der Waals surface area (Å²) in [6.45, 7) is 18.4. The average molecular weight is 388 g/mol. The van der Waals surface area contributed by atoms with Crippen LogP contribution in [0.25, 0.3) is 11.1 Å². The first-order valence-electron chi connectivity index (χ1n) is 10.2. The van der Waals surface area contributed by atoms with E-state index >= 15 is 0 Å². The lowest BCUT2D eigenvalue weighted by atomic mass is 9.91. The lowest BCUT2D eigenvalue weighted by molar-refractivity contribution is -0.418. The minimum atomic E-state index is -1.43. The van der Waals surface area contributed by atoms with Crippen LogP contribution in [0, 0.1) is 18.9 Å². The molecule has 0 saturated carbocycles. The summed E-state index contributed by atoms with van der Waals surface area (Å²) in [5.41, 5.74) is 6.57. The molecular weight excluding hydrogens is 354 g/mol. The quantitative estimate of drug-likeness (QED) is 0.295. The van der Waals surface area contributed by atoms with Gasteiger partial charge in [-0.25, -0.2) is 0 Å². The number of hydrogen-bond acceptors (Lipinski definition) is 0. The zero-order valence-corrected chi connectivity index (χ0v) is 19.2. The van der Waals surface area contributed by atoms with Gasteiger partial charge in [0, 0.05) is 0 Å². The van der Waals surface area contributed by atoms with Crippen LogP contribution in [0.1, 0.15) is 31.4 Å². The molecular formula is C26H33NSi. The molecule has 146 valence electrons. The molecule has 0 unspecified atom stereocenters. The number of nitrogens with zero attached hydrogens (tertiary/aromatic N) is 1. The van der Waals surface area contributed by atoms with Crippen molar-refractivity contribution in [2.45, 2.75) is 46.8 Å². The van der Waals surface area contributed by atoms with Crippen molar-refractivity contribution in [1.82, 2.24) is 0 Å². The van der Waals surface area contributed by atoms with Gasteiger partial charge >= 0.3 is 0 Å². The summed E-state index contributed by atoms with van der Waals surface area (Å²) in [7, 11) is -1.43. The van der Waals surface area contributed by atoms with Crippen molar-refractivity contribution < 1.29 is 4.58 Å². The molecule has 0 N–H and O–H groups in total. The molecule has 0 amide bonds. The maximum Gasteiger partial charge on any atom is 0.147 e. The minimum Gasteiger partial charge on any atom is -0.255 e. The largest absolute Gasteiger partial charge is 0.255 e. The molecule has 28 heavy (non-hydrogen) atoms. The summed E-state index contributed by atoms with van der Waals surface area (Å²) >= 11 is 0. The summed E-state index contributed by atoms with van der Waals surface area (Å²) in [4.78, 5) is 0. The highest BCUT2D eigenvalue weighted by Gasteiger charge is 2.29. The van der Waals surface area contributed by atoms with E-state index in [4.69, 9.17) is 0 Å². The van der Waals surface area contributed by atoms with Crippen LogP contribution in [0.15, 0.2) is 71.6 Å². The van der Waals surface area contributed by atoms with Gasteiger partial charge in [-0.05, 0) is 40.3 Å². The average Bonchev–Trinajstić information content (AvgIpc) is 2.62. The van der Waals surface area contributed by atoms with Crippen molar-refractivity contribution in [2.24, 2.45) is 5.92 Å². The Kier molecular flexibility index (Phi) is 5.81. The van der Waals surface area contributed by atoms with Crippen LogP contribution in [-0.4, -0.2) is 19.4 Å². The topological polar surface area (TPSA) is 3.01 Å². The number of aryl methyl sites for hydroxylation is 1. The number of hydrogen-bond donors (Lipinski definition) is 0. The van der Waals surface area contributed by atoms with Gasteiger partial charge in [-0.2, -0.15) is 0 Å². The normalized spacial score (nSPS) is 15.0. The standard InChI is InChI=1S/C26H33NSi/c1-19(2)15-23-17-25(27(4)18-26(23)28(5,6)7)24-14-13-22(16-20(24)3)21-11-9-8-10-12-21/h8-14,16-19H,4,15H2,1-3,5-7H3. The zero-order chi connectivity index (χ0) is 20.5. The zero-order valence-electron chi connectivity index (χ0n) is 18.2. The summed E-state index contributed by atoms with van der Waals surface area (Å²) < 4.78 is 2.09. The summed E-state index contributed by atoms with van der Waals surface area (Å²) in [5.74, 6) is 0.644. The Morgan fingerprint density at radius 1 is 1.00 bits per heavy atom. The molecule has 0 radical (unpaired) electrons. The van der Waals surface area contributed by atoms with Gasteiger partial charge in [-0.3, -0.25) is 4.58 Å². The van der Waals surface area contributed by atoms with Crippen LogP contribution >= 0.6 is 0 Å². The van der Waals surface area contributed by atoms with E-state index in [1.807, 2.05) is 0 Å². The Morgan fingerprint density at radius 3 is 2.25 bits per heavy atom. The van der Waals surface area contributed by atoms with Crippen molar-refractivity contribution in [1.29, 1.82) is 0 Å². The monoisotopic (exact) mass is 387 g/mol. The van der Waals surface area contributed by atoms with Crippen LogP contribution in [0.5, 0.6) is 0 Å². The van der Waals surface area contributed by atoms with Gasteiger partial charge < -0.3 is 0 Å². The fourth-order valence-electron chi connectivity index (χ4n) is 3.91. The Hall–Kier alpha value is -2.32. The van der Waals surface area contributed by atoms with E-state index in [1.165, 1.54) is 39.1 Å². The third kappa shape index (κ3) is 4.39. The van der Waals surface area contributed by atoms with Gasteiger partial charge in [0.15, 0.2) is 0 Å². The van der Waals surface area contributed by atoms with E-state index in [1.54, 1.807) is 0 Å². The number of benzene rings is 2. The number of rotatable bonds is 5. The lowest BCUT2D eigenvalue weighted by Gasteiger charge is -2.32. The highest BCUT2D eigenvalue weighted by molar-refractivity contribution is 6.84. The third-order valence-corrected chi connectivity index (χ3v) is 7.36. The van der Waals surface area contributed by atoms with Crippen molar-refractivity contribution >= 4 is 14.8 Å². The maximum absolute atomic E-state index is 4.35. The second kappa shape index (κ2) is 7.96.